The monoisotopic (exact) mass is 1450 g/mol. The van der Waals surface area contributed by atoms with Crippen LogP contribution in [0.4, 0.5) is 0 Å². The Kier molecular flexibility index (Phi) is 31.9. The minimum absolute atomic E-state index is 0.0394. The SMILES string of the molecule is CC(=O)CNC(=O)C(C)(C)CCCOc1cc(C)ccc1C.CC(C)(Oc1ccc(C2CC2(Cl)Cl)cc1)C(=O)NCC(=O)c1ccc(O)cc1.Cc1ccc(C)c(OCCCC(C)(C)C(=O)NCC(=O)c2ccc(O)cc2)c1.Cc1ccc(OC(=O)C(C)(C)CCCOc2cc(C)ccc2C)cc1. The van der Waals surface area contributed by atoms with Gasteiger partial charge in [0.1, 0.15) is 50.4 Å². The van der Waals surface area contributed by atoms with E-state index in [4.69, 9.17) is 46.9 Å². The maximum Gasteiger partial charge on any atom is 0.316 e. The van der Waals surface area contributed by atoms with E-state index < -0.39 is 32.1 Å². The number of halogens is 2. The first-order chi connectivity index (χ1) is 48.3. The van der Waals surface area contributed by atoms with Crippen LogP contribution in [0.15, 0.2) is 152 Å². The lowest BCUT2D eigenvalue weighted by molar-refractivity contribution is -0.144. The van der Waals surface area contributed by atoms with E-state index >= 15 is 0 Å². The molecule has 7 aromatic rings. The summed E-state index contributed by atoms with van der Waals surface area (Å²) in [6.07, 6.45) is 5.11. The fourth-order valence-corrected chi connectivity index (χ4v) is 10.8. The number of esters is 1. The van der Waals surface area contributed by atoms with E-state index in [0.717, 1.165) is 76.3 Å². The number of carbonyl (C=O) groups is 7. The van der Waals surface area contributed by atoms with E-state index in [1.165, 1.54) is 54.4 Å². The van der Waals surface area contributed by atoms with Crippen LogP contribution in [0, 0.1) is 64.7 Å². The predicted octanol–water partition coefficient (Wildman–Crippen LogP) is 17.0. The highest BCUT2D eigenvalue weighted by molar-refractivity contribution is 6.51. The first kappa shape index (κ1) is 84.5. The molecule has 0 spiro atoms. The third kappa shape index (κ3) is 28.9. The van der Waals surface area contributed by atoms with E-state index in [1.807, 2.05) is 150 Å². The summed E-state index contributed by atoms with van der Waals surface area (Å²) in [6, 6.07) is 45.1. The summed E-state index contributed by atoms with van der Waals surface area (Å²) in [5.74, 6) is 2.76. The van der Waals surface area contributed by atoms with Gasteiger partial charge in [-0.15, -0.1) is 23.2 Å². The van der Waals surface area contributed by atoms with Gasteiger partial charge >= 0.3 is 5.97 Å². The van der Waals surface area contributed by atoms with E-state index in [-0.39, 0.29) is 72.2 Å². The number of carbonyl (C=O) groups excluding carboxylic acids is 7. The van der Waals surface area contributed by atoms with Crippen LogP contribution in [0.25, 0.3) is 0 Å². The van der Waals surface area contributed by atoms with E-state index in [9.17, 15) is 43.8 Å². The molecule has 8 rings (SSSR count). The molecule has 0 radical (unpaired) electrons. The Morgan fingerprint density at radius 3 is 1.16 bits per heavy atom. The number of phenols is 2. The van der Waals surface area contributed by atoms with Crippen LogP contribution in [0.3, 0.4) is 0 Å². The molecule has 103 heavy (non-hydrogen) atoms. The fraction of sp³-hybridized carbons (Fsp3) is 0.417. The number of rotatable bonds is 31. The molecule has 1 saturated carbocycles. The Morgan fingerprint density at radius 1 is 0.447 bits per heavy atom. The molecule has 1 atom stereocenters. The number of aryl methyl sites for hydroxylation is 7. The van der Waals surface area contributed by atoms with Crippen molar-refractivity contribution >= 4 is 64.2 Å². The normalized spacial score (nSPS) is 12.9. The van der Waals surface area contributed by atoms with Gasteiger partial charge in [-0.25, -0.2) is 0 Å². The van der Waals surface area contributed by atoms with Crippen molar-refractivity contribution in [2.24, 2.45) is 16.2 Å². The van der Waals surface area contributed by atoms with Gasteiger partial charge in [0.25, 0.3) is 5.91 Å². The number of phenolic OH excluding ortho intramolecular Hbond substituents is 2. The number of hydrogen-bond acceptors (Lipinski definition) is 14. The third-order valence-electron chi connectivity index (χ3n) is 17.4. The van der Waals surface area contributed by atoms with Crippen LogP contribution in [-0.2, 0) is 24.0 Å². The quantitative estimate of drug-likeness (QED) is 0.00893. The van der Waals surface area contributed by atoms with Crippen molar-refractivity contribution in [1.82, 2.24) is 16.0 Å². The van der Waals surface area contributed by atoms with Gasteiger partial charge in [-0.3, -0.25) is 33.6 Å². The van der Waals surface area contributed by atoms with Crippen LogP contribution in [0.5, 0.6) is 40.2 Å². The highest BCUT2D eigenvalue weighted by Crippen LogP contribution is 2.59. The first-order valence-corrected chi connectivity index (χ1v) is 35.6. The lowest BCUT2D eigenvalue weighted by atomic mass is 9.87. The van der Waals surface area contributed by atoms with Crippen molar-refractivity contribution in [3.63, 3.8) is 0 Å². The summed E-state index contributed by atoms with van der Waals surface area (Å²) >= 11 is 12.2. The molecular formula is C84H105Cl2N3O14. The molecule has 0 saturated heterocycles. The summed E-state index contributed by atoms with van der Waals surface area (Å²) in [5, 5.41) is 26.5. The van der Waals surface area contributed by atoms with Gasteiger partial charge in [0, 0.05) is 27.9 Å². The number of ketones is 3. The Balaban J connectivity index is 0.000000248. The van der Waals surface area contributed by atoms with Gasteiger partial charge in [0.15, 0.2) is 17.2 Å². The van der Waals surface area contributed by atoms with Gasteiger partial charge < -0.3 is 49.8 Å². The van der Waals surface area contributed by atoms with Crippen molar-refractivity contribution in [3.8, 4) is 40.2 Å². The molecule has 3 amide bonds. The van der Waals surface area contributed by atoms with Crippen LogP contribution < -0.4 is 39.6 Å². The van der Waals surface area contributed by atoms with Crippen molar-refractivity contribution in [2.75, 3.05) is 39.5 Å². The van der Waals surface area contributed by atoms with Gasteiger partial charge in [-0.1, -0.05) is 93.9 Å². The van der Waals surface area contributed by atoms with Crippen molar-refractivity contribution < 1.29 is 67.5 Å². The molecule has 1 aliphatic rings. The molecule has 1 aliphatic carbocycles. The molecule has 0 heterocycles. The molecule has 17 nitrogen and oxygen atoms in total. The van der Waals surface area contributed by atoms with E-state index in [1.54, 1.807) is 38.1 Å². The highest BCUT2D eigenvalue weighted by atomic mass is 35.5. The van der Waals surface area contributed by atoms with Crippen molar-refractivity contribution in [1.29, 1.82) is 0 Å². The Labute approximate surface area is 619 Å². The summed E-state index contributed by atoms with van der Waals surface area (Å²) in [6.45, 7) is 31.8. The smallest absolute Gasteiger partial charge is 0.316 e. The van der Waals surface area contributed by atoms with Crippen LogP contribution in [0.2, 0.25) is 0 Å². The van der Waals surface area contributed by atoms with Crippen molar-refractivity contribution in [3.05, 3.63) is 207 Å². The van der Waals surface area contributed by atoms with Gasteiger partial charge in [0.2, 0.25) is 11.8 Å². The summed E-state index contributed by atoms with van der Waals surface area (Å²) < 4.78 is 28.1. The Bertz CT molecular complexity index is 3980. The number of Topliss-reactive ketones (excluding diaryl/α,β-unsaturated/α-hetero) is 3. The topological polar surface area (TPSA) is 242 Å². The number of amides is 3. The predicted molar refractivity (Wildman–Crippen MR) is 408 cm³/mol. The minimum atomic E-state index is -1.17. The molecule has 7 aromatic carbocycles. The highest BCUT2D eigenvalue weighted by Gasteiger charge is 2.52. The zero-order valence-corrected chi connectivity index (χ0v) is 64.3. The lowest BCUT2D eigenvalue weighted by Gasteiger charge is -2.25. The molecule has 1 unspecified atom stereocenters. The molecule has 554 valence electrons. The average molecular weight is 1450 g/mol. The van der Waals surface area contributed by atoms with Crippen LogP contribution in [-0.4, -0.2) is 101 Å². The second-order valence-electron chi connectivity index (χ2n) is 28.9. The first-order valence-electron chi connectivity index (χ1n) is 34.8. The largest absolute Gasteiger partial charge is 0.508 e. The molecule has 0 bridgehead atoms. The third-order valence-corrected chi connectivity index (χ3v) is 18.2. The number of nitrogens with one attached hydrogen (secondary N) is 3. The Hall–Kier alpha value is -9.19. The fourth-order valence-electron chi connectivity index (χ4n) is 10.3. The number of aromatic hydroxyl groups is 2. The van der Waals surface area contributed by atoms with E-state index in [0.29, 0.717) is 61.7 Å². The second kappa shape index (κ2) is 38.9. The lowest BCUT2D eigenvalue weighted by Crippen LogP contribution is -2.47. The molecule has 5 N–H and O–H groups in total. The second-order valence-corrected chi connectivity index (χ2v) is 30.4. The number of benzene rings is 7. The summed E-state index contributed by atoms with van der Waals surface area (Å²) in [5.41, 5.74) is 7.06. The number of alkyl halides is 2. The summed E-state index contributed by atoms with van der Waals surface area (Å²) in [4.78, 5) is 84.6. The molecule has 19 heteroatoms. The van der Waals surface area contributed by atoms with Crippen molar-refractivity contribution in [2.45, 2.75) is 172 Å². The zero-order valence-electron chi connectivity index (χ0n) is 62.8. The van der Waals surface area contributed by atoms with Gasteiger partial charge in [-0.2, -0.15) is 0 Å². The van der Waals surface area contributed by atoms with Gasteiger partial charge in [-0.05, 0) is 258 Å². The van der Waals surface area contributed by atoms with Gasteiger partial charge in [0.05, 0.1) is 44.9 Å². The maximum absolute atomic E-state index is 12.5. The summed E-state index contributed by atoms with van der Waals surface area (Å²) in [7, 11) is 0. The average Bonchev–Trinajstić information content (AvgIpc) is 1.61. The molecule has 1 fully saturated rings. The molecular weight excluding hydrogens is 1350 g/mol. The minimum Gasteiger partial charge on any atom is -0.508 e. The molecule has 0 aromatic heterocycles. The standard InChI is InChI=1S/C23H29NO4.C22H28O3.C21H21Cl2NO4.C18H27NO3/c1-16-6-7-17(2)21(14-16)28-13-5-12-23(3,4)22(27)24-15-20(26)18-8-10-19(25)11-9-18;1-16-8-11-19(12-9-16)25-21(23)22(4,5)13-6-14-24-20-15-17(2)7-10-18(20)3;1-20(2,19(27)24-12-18(26)14-3-7-15(25)8-4-14)28-16-9-5-13(6-10-16)17-11-21(17,22)23;1-13-7-8-14(2)16(11-13)22-10-6-9-18(4,5)17(21)19-12-15(3)20/h6-11,14,25H,5,12-13,15H2,1-4H3,(H,24,27);7-12,15H,6,13-14H2,1-5H3;3-10,17,25H,11-12H2,1-2H3,(H,24,27);7-8,11H,6,9-10,12H2,1-5H3,(H,19,21). The number of hydrogen-bond donors (Lipinski definition) is 5. The number of ether oxygens (including phenoxy) is 5. The maximum atomic E-state index is 12.5. The zero-order chi connectivity index (χ0) is 76.5. The Morgan fingerprint density at radius 2 is 0.786 bits per heavy atom. The van der Waals surface area contributed by atoms with Crippen LogP contribution in [0.1, 0.15) is 178 Å². The van der Waals surface area contributed by atoms with E-state index in [2.05, 4.69) is 47.1 Å². The van der Waals surface area contributed by atoms with Crippen LogP contribution >= 0.6 is 23.2 Å². The molecule has 0 aliphatic heterocycles.